The van der Waals surface area contributed by atoms with E-state index in [4.69, 9.17) is 0 Å². The lowest BCUT2D eigenvalue weighted by atomic mass is 10.3. The average Bonchev–Trinajstić information content (AvgIpc) is 3.05. The molecule has 22 heavy (non-hydrogen) atoms. The van der Waals surface area contributed by atoms with Gasteiger partial charge >= 0.3 is 0 Å². The summed E-state index contributed by atoms with van der Waals surface area (Å²) in [7, 11) is -3.78. The smallest absolute Gasteiger partial charge is 0.257 e. The van der Waals surface area contributed by atoms with Gasteiger partial charge in [-0.3, -0.25) is 4.68 Å². The molecule has 0 saturated carbocycles. The molecule has 0 radical (unpaired) electrons. The molecule has 0 spiro atoms. The molecule has 0 saturated heterocycles. The van der Waals surface area contributed by atoms with Crippen molar-refractivity contribution < 1.29 is 17.2 Å². The summed E-state index contributed by atoms with van der Waals surface area (Å²) in [5.41, 5.74) is 1.32. The number of alkyl halides is 2. The Labute approximate surface area is 124 Å². The quantitative estimate of drug-likeness (QED) is 0.777. The number of hydrogen-bond donors (Lipinski definition) is 1. The maximum absolute atomic E-state index is 12.4. The van der Waals surface area contributed by atoms with Gasteiger partial charge in [0.2, 0.25) is 15.0 Å². The van der Waals surface area contributed by atoms with Gasteiger partial charge in [-0.05, 0) is 18.2 Å². The molecular weight excluding hydrogens is 314 g/mol. The van der Waals surface area contributed by atoms with Crippen LogP contribution in [-0.2, 0) is 22.1 Å². The number of halogens is 2. The predicted octanol–water partition coefficient (Wildman–Crippen LogP) is 2.00. The molecule has 0 aliphatic rings. The van der Waals surface area contributed by atoms with Crippen LogP contribution in [0, 0.1) is 0 Å². The van der Waals surface area contributed by atoms with Crippen LogP contribution in [0.5, 0.6) is 0 Å². The van der Waals surface area contributed by atoms with Crippen LogP contribution in [0.1, 0.15) is 5.69 Å². The normalized spacial score (nSPS) is 12.3. The number of nitrogens with one attached hydrogen (secondary N) is 1. The molecule has 0 atom stereocenters. The monoisotopic (exact) mass is 326 g/mol. The molecule has 2 aromatic heterocycles. The van der Waals surface area contributed by atoms with Crippen LogP contribution >= 0.6 is 0 Å². The lowest BCUT2D eigenvalue weighted by Crippen LogP contribution is -2.15. The summed E-state index contributed by atoms with van der Waals surface area (Å²) in [5.74, 6) is -0.445. The van der Waals surface area contributed by atoms with Crippen molar-refractivity contribution in [1.82, 2.24) is 19.7 Å². The highest BCUT2D eigenvalue weighted by Gasteiger charge is 2.22. The van der Waals surface area contributed by atoms with E-state index in [0.29, 0.717) is 11.0 Å². The first kappa shape index (κ1) is 14.6. The lowest BCUT2D eigenvalue weighted by molar-refractivity contribution is 0.121. The third kappa shape index (κ3) is 2.84. The highest BCUT2D eigenvalue weighted by molar-refractivity contribution is 7.90. The van der Waals surface area contributed by atoms with Gasteiger partial charge in [-0.2, -0.15) is 5.10 Å². The van der Waals surface area contributed by atoms with E-state index in [-0.39, 0.29) is 10.9 Å². The van der Waals surface area contributed by atoms with Crippen molar-refractivity contribution in [2.24, 2.45) is 0 Å². The maximum Gasteiger partial charge on any atom is 0.257 e. The topological polar surface area (TPSA) is 80.6 Å². The van der Waals surface area contributed by atoms with Crippen LogP contribution in [-0.4, -0.2) is 34.6 Å². The van der Waals surface area contributed by atoms with E-state index in [9.17, 15) is 17.2 Å². The SMILES string of the molecule is O=S(=O)(Cc1ccnn1CC(F)F)c1nc2ccccc2[nH]1. The third-order valence-electron chi connectivity index (χ3n) is 3.12. The number of benzene rings is 1. The Hall–Kier alpha value is -2.29. The zero-order valence-electron chi connectivity index (χ0n) is 11.3. The first-order valence-electron chi connectivity index (χ1n) is 6.42. The van der Waals surface area contributed by atoms with Crippen molar-refractivity contribution in [2.75, 3.05) is 0 Å². The number of H-pyrrole nitrogens is 1. The first-order chi connectivity index (χ1) is 10.5. The standard InChI is InChI=1S/C13H12F2N4O2S/c14-12(15)7-19-9(5-6-16-19)8-22(20,21)13-17-10-3-1-2-4-11(10)18-13/h1-6,12H,7-8H2,(H,17,18). The molecule has 9 heteroatoms. The Morgan fingerprint density at radius 1 is 1.23 bits per heavy atom. The van der Waals surface area contributed by atoms with E-state index < -0.39 is 28.6 Å². The maximum atomic E-state index is 12.4. The van der Waals surface area contributed by atoms with E-state index in [2.05, 4.69) is 15.1 Å². The van der Waals surface area contributed by atoms with E-state index >= 15 is 0 Å². The van der Waals surface area contributed by atoms with Crippen LogP contribution in [0.25, 0.3) is 11.0 Å². The van der Waals surface area contributed by atoms with Gasteiger partial charge < -0.3 is 4.98 Å². The van der Waals surface area contributed by atoms with Crippen molar-refractivity contribution >= 4 is 20.9 Å². The van der Waals surface area contributed by atoms with Gasteiger partial charge in [0.05, 0.1) is 22.5 Å². The van der Waals surface area contributed by atoms with Crippen LogP contribution < -0.4 is 0 Å². The Morgan fingerprint density at radius 2 is 2.00 bits per heavy atom. The third-order valence-corrected chi connectivity index (χ3v) is 4.57. The molecule has 0 bridgehead atoms. The zero-order valence-corrected chi connectivity index (χ0v) is 12.1. The molecule has 2 heterocycles. The van der Waals surface area contributed by atoms with Gasteiger partial charge in [0.25, 0.3) is 6.43 Å². The van der Waals surface area contributed by atoms with Gasteiger partial charge in [0.1, 0.15) is 6.54 Å². The lowest BCUT2D eigenvalue weighted by Gasteiger charge is -2.06. The van der Waals surface area contributed by atoms with E-state index in [1.807, 2.05) is 0 Å². The second-order valence-corrected chi connectivity index (χ2v) is 6.62. The minimum atomic E-state index is -3.78. The Bertz CT molecular complexity index is 869. The number of sulfone groups is 1. The molecular formula is C13H12F2N4O2S. The number of imidazole rings is 1. The van der Waals surface area contributed by atoms with Gasteiger partial charge in [0.15, 0.2) is 0 Å². The molecule has 0 amide bonds. The summed E-state index contributed by atoms with van der Waals surface area (Å²) in [6.07, 6.45) is -1.31. The highest BCUT2D eigenvalue weighted by Crippen LogP contribution is 2.18. The fourth-order valence-corrected chi connectivity index (χ4v) is 3.39. The zero-order chi connectivity index (χ0) is 15.7. The van der Waals surface area contributed by atoms with Gasteiger partial charge in [-0.15, -0.1) is 0 Å². The molecule has 0 fully saturated rings. The Balaban J connectivity index is 1.92. The predicted molar refractivity (Wildman–Crippen MR) is 75.2 cm³/mol. The second kappa shape index (κ2) is 5.48. The van der Waals surface area contributed by atoms with Gasteiger partial charge in [-0.1, -0.05) is 12.1 Å². The largest absolute Gasteiger partial charge is 0.329 e. The number of rotatable bonds is 5. The van der Waals surface area contributed by atoms with E-state index in [0.717, 1.165) is 4.68 Å². The fraction of sp³-hybridized carbons (Fsp3) is 0.231. The Kier molecular flexibility index (Phi) is 3.65. The van der Waals surface area contributed by atoms with E-state index in [1.54, 1.807) is 24.3 Å². The molecule has 0 unspecified atom stereocenters. The van der Waals surface area contributed by atoms with Gasteiger partial charge in [-0.25, -0.2) is 22.2 Å². The van der Waals surface area contributed by atoms with Gasteiger partial charge in [0, 0.05) is 6.20 Å². The summed E-state index contributed by atoms with van der Waals surface area (Å²) < 4.78 is 50.6. The van der Waals surface area contributed by atoms with Crippen molar-refractivity contribution in [1.29, 1.82) is 0 Å². The summed E-state index contributed by atoms with van der Waals surface area (Å²) in [4.78, 5) is 6.77. The van der Waals surface area contributed by atoms with Crippen molar-refractivity contribution in [3.63, 3.8) is 0 Å². The number of para-hydroxylation sites is 2. The Morgan fingerprint density at radius 3 is 2.73 bits per heavy atom. The number of nitrogens with zero attached hydrogens (tertiary/aromatic N) is 3. The molecule has 3 rings (SSSR count). The van der Waals surface area contributed by atoms with Crippen molar-refractivity contribution in [3.05, 3.63) is 42.2 Å². The number of fused-ring (bicyclic) bond motifs is 1. The van der Waals surface area contributed by atoms with E-state index in [1.165, 1.54) is 12.3 Å². The van der Waals surface area contributed by atoms with Crippen molar-refractivity contribution in [3.8, 4) is 0 Å². The molecule has 116 valence electrons. The summed E-state index contributed by atoms with van der Waals surface area (Å²) in [5, 5.41) is 3.54. The second-order valence-electron chi connectivity index (χ2n) is 4.71. The summed E-state index contributed by atoms with van der Waals surface area (Å²) in [6.45, 7) is -0.641. The molecule has 0 aliphatic carbocycles. The molecule has 6 nitrogen and oxygen atoms in total. The van der Waals surface area contributed by atoms with Crippen LogP contribution in [0.3, 0.4) is 0 Å². The minimum absolute atomic E-state index is 0.182. The average molecular weight is 326 g/mol. The number of aromatic amines is 1. The molecule has 1 N–H and O–H groups in total. The first-order valence-corrected chi connectivity index (χ1v) is 8.07. The molecule has 0 aliphatic heterocycles. The van der Waals surface area contributed by atoms with Crippen LogP contribution in [0.15, 0.2) is 41.7 Å². The van der Waals surface area contributed by atoms with Crippen LogP contribution in [0.2, 0.25) is 0 Å². The molecule has 3 aromatic rings. The van der Waals surface area contributed by atoms with Crippen molar-refractivity contribution in [2.45, 2.75) is 23.9 Å². The van der Waals surface area contributed by atoms with Crippen LogP contribution in [0.4, 0.5) is 8.78 Å². The summed E-state index contributed by atoms with van der Waals surface area (Å²) >= 11 is 0. The minimum Gasteiger partial charge on any atom is -0.329 e. The number of hydrogen-bond acceptors (Lipinski definition) is 4. The fourth-order valence-electron chi connectivity index (χ4n) is 2.12. The molecule has 1 aromatic carbocycles. The number of aromatic nitrogens is 4. The summed E-state index contributed by atoms with van der Waals surface area (Å²) in [6, 6.07) is 8.31. The highest BCUT2D eigenvalue weighted by atomic mass is 32.2.